The number of nitrogens with one attached hydrogen (secondary N) is 1. The predicted octanol–water partition coefficient (Wildman–Crippen LogP) is 1.08. The molecule has 106 valence electrons. The first kappa shape index (κ1) is 13.8. The Morgan fingerprint density at radius 2 is 2.21 bits per heavy atom. The van der Waals surface area contributed by atoms with E-state index < -0.39 is 0 Å². The summed E-state index contributed by atoms with van der Waals surface area (Å²) < 4.78 is 1.64. The molecule has 2 rings (SSSR count). The van der Waals surface area contributed by atoms with Crippen LogP contribution in [0.3, 0.4) is 0 Å². The van der Waals surface area contributed by atoms with Crippen molar-refractivity contribution in [3.8, 4) is 0 Å². The van der Waals surface area contributed by atoms with Crippen LogP contribution in [0.2, 0.25) is 0 Å². The molecular formula is C12H21N5O2. The molecule has 1 fully saturated rings. The van der Waals surface area contributed by atoms with E-state index in [2.05, 4.69) is 29.2 Å². The van der Waals surface area contributed by atoms with Crippen LogP contribution in [0.4, 0.5) is 11.5 Å². The van der Waals surface area contributed by atoms with Gasteiger partial charge in [-0.25, -0.2) is 4.68 Å². The summed E-state index contributed by atoms with van der Waals surface area (Å²) in [5.41, 5.74) is 0.715. The molecule has 1 aromatic rings. The third-order valence-electron chi connectivity index (χ3n) is 3.62. The van der Waals surface area contributed by atoms with Crippen molar-refractivity contribution in [1.82, 2.24) is 15.1 Å². The Balaban J connectivity index is 2.48. The Labute approximate surface area is 112 Å². The maximum atomic E-state index is 11.4. The van der Waals surface area contributed by atoms with Crippen LogP contribution in [0.15, 0.2) is 0 Å². The van der Waals surface area contributed by atoms with E-state index in [9.17, 15) is 10.1 Å². The average Bonchev–Trinajstić information content (AvgIpc) is 2.69. The molecule has 1 N–H and O–H groups in total. The Bertz CT molecular complexity index is 485. The highest BCUT2D eigenvalue weighted by Crippen LogP contribution is 2.33. The number of rotatable bonds is 3. The van der Waals surface area contributed by atoms with E-state index in [1.54, 1.807) is 11.7 Å². The van der Waals surface area contributed by atoms with Gasteiger partial charge in [-0.15, -0.1) is 0 Å². The molecule has 1 aromatic heterocycles. The lowest BCUT2D eigenvalue weighted by atomic mass is 10.1. The summed E-state index contributed by atoms with van der Waals surface area (Å²) in [7, 11) is 1.78. The molecular weight excluding hydrogens is 246 g/mol. The number of hydrogen-bond acceptors (Lipinski definition) is 5. The SMILES string of the molecule is CCc1nn(C)c(N2CC(C)NCC2C)c1[N+](=O)[O-]. The zero-order valence-electron chi connectivity index (χ0n) is 11.9. The second-order valence-corrected chi connectivity index (χ2v) is 5.16. The number of nitrogens with zero attached hydrogens (tertiary/aromatic N) is 4. The van der Waals surface area contributed by atoms with Crippen molar-refractivity contribution in [3.05, 3.63) is 15.8 Å². The Morgan fingerprint density at radius 1 is 1.53 bits per heavy atom. The van der Waals surface area contributed by atoms with Gasteiger partial charge in [0.15, 0.2) is 0 Å². The topological polar surface area (TPSA) is 76.2 Å². The zero-order valence-corrected chi connectivity index (χ0v) is 11.9. The van der Waals surface area contributed by atoms with Crippen molar-refractivity contribution in [1.29, 1.82) is 0 Å². The van der Waals surface area contributed by atoms with Crippen molar-refractivity contribution >= 4 is 11.5 Å². The average molecular weight is 267 g/mol. The Kier molecular flexibility index (Phi) is 3.75. The molecule has 19 heavy (non-hydrogen) atoms. The van der Waals surface area contributed by atoms with Crippen LogP contribution in [0.1, 0.15) is 26.5 Å². The standard InChI is InChI=1S/C12H21N5O2/c1-5-10-11(17(18)19)12(15(4)14-10)16-7-8(2)13-6-9(16)3/h8-9,13H,5-7H2,1-4H3. The van der Waals surface area contributed by atoms with E-state index in [1.165, 1.54) is 0 Å². The van der Waals surface area contributed by atoms with E-state index >= 15 is 0 Å². The molecule has 0 amide bonds. The molecule has 1 aliphatic heterocycles. The van der Waals surface area contributed by atoms with Crippen molar-refractivity contribution in [2.75, 3.05) is 18.0 Å². The molecule has 7 nitrogen and oxygen atoms in total. The van der Waals surface area contributed by atoms with Gasteiger partial charge in [0.2, 0.25) is 5.82 Å². The minimum absolute atomic E-state index is 0.158. The molecule has 1 aliphatic rings. The molecule has 0 spiro atoms. The monoisotopic (exact) mass is 267 g/mol. The second-order valence-electron chi connectivity index (χ2n) is 5.16. The van der Waals surface area contributed by atoms with Gasteiger partial charge in [0.05, 0.1) is 4.92 Å². The fourth-order valence-electron chi connectivity index (χ4n) is 2.62. The molecule has 7 heteroatoms. The maximum Gasteiger partial charge on any atom is 0.334 e. The second kappa shape index (κ2) is 5.16. The van der Waals surface area contributed by atoms with E-state index in [4.69, 9.17) is 0 Å². The van der Waals surface area contributed by atoms with Gasteiger partial charge in [-0.05, 0) is 20.3 Å². The zero-order chi connectivity index (χ0) is 14.2. The molecule has 2 heterocycles. The number of nitro groups is 1. The van der Waals surface area contributed by atoms with Gasteiger partial charge >= 0.3 is 5.69 Å². The third kappa shape index (κ3) is 2.42. The van der Waals surface area contributed by atoms with E-state index in [1.807, 2.05) is 6.92 Å². The van der Waals surface area contributed by atoms with Crippen LogP contribution in [0, 0.1) is 10.1 Å². The quantitative estimate of drug-likeness (QED) is 0.655. The molecule has 2 atom stereocenters. The first-order valence-electron chi connectivity index (χ1n) is 6.66. The van der Waals surface area contributed by atoms with Crippen molar-refractivity contribution < 1.29 is 4.92 Å². The molecule has 0 radical (unpaired) electrons. The Hall–Kier alpha value is -1.63. The number of anilines is 1. The van der Waals surface area contributed by atoms with Gasteiger partial charge in [0.25, 0.3) is 0 Å². The first-order valence-corrected chi connectivity index (χ1v) is 6.66. The van der Waals surface area contributed by atoms with Gasteiger partial charge in [0.1, 0.15) is 5.69 Å². The summed E-state index contributed by atoms with van der Waals surface area (Å²) in [6.45, 7) is 7.63. The lowest BCUT2D eigenvalue weighted by Gasteiger charge is -2.38. The minimum atomic E-state index is -0.305. The van der Waals surface area contributed by atoms with Crippen molar-refractivity contribution in [2.45, 2.75) is 39.3 Å². The van der Waals surface area contributed by atoms with E-state index in [0.717, 1.165) is 13.1 Å². The van der Waals surface area contributed by atoms with Gasteiger partial charge in [0, 0.05) is 32.2 Å². The highest BCUT2D eigenvalue weighted by atomic mass is 16.6. The van der Waals surface area contributed by atoms with Gasteiger partial charge in [-0.2, -0.15) is 5.10 Å². The summed E-state index contributed by atoms with van der Waals surface area (Å²) in [5.74, 6) is 0.628. The molecule has 0 saturated carbocycles. The summed E-state index contributed by atoms with van der Waals surface area (Å²) in [6.07, 6.45) is 0.570. The van der Waals surface area contributed by atoms with E-state index in [-0.39, 0.29) is 16.7 Å². The van der Waals surface area contributed by atoms with Gasteiger partial charge < -0.3 is 10.2 Å². The third-order valence-corrected chi connectivity index (χ3v) is 3.62. The van der Waals surface area contributed by atoms with Crippen molar-refractivity contribution in [2.24, 2.45) is 7.05 Å². The van der Waals surface area contributed by atoms with Crippen LogP contribution in [0.25, 0.3) is 0 Å². The molecule has 2 unspecified atom stereocenters. The van der Waals surface area contributed by atoms with Crippen molar-refractivity contribution in [3.63, 3.8) is 0 Å². The maximum absolute atomic E-state index is 11.4. The predicted molar refractivity (Wildman–Crippen MR) is 73.5 cm³/mol. The molecule has 0 aliphatic carbocycles. The van der Waals surface area contributed by atoms with Gasteiger partial charge in [-0.1, -0.05) is 6.92 Å². The van der Waals surface area contributed by atoms with Crippen LogP contribution < -0.4 is 10.2 Å². The summed E-state index contributed by atoms with van der Waals surface area (Å²) in [5, 5.41) is 19.0. The van der Waals surface area contributed by atoms with Crippen LogP contribution >= 0.6 is 0 Å². The number of aromatic nitrogens is 2. The molecule has 0 bridgehead atoms. The van der Waals surface area contributed by atoms with Crippen LogP contribution in [-0.4, -0.2) is 39.9 Å². The van der Waals surface area contributed by atoms with E-state index in [0.29, 0.717) is 24.0 Å². The highest BCUT2D eigenvalue weighted by Gasteiger charge is 2.34. The smallest absolute Gasteiger partial charge is 0.334 e. The summed E-state index contributed by atoms with van der Waals surface area (Å²) in [6, 6.07) is 0.533. The minimum Gasteiger partial charge on any atom is -0.346 e. The van der Waals surface area contributed by atoms with Crippen LogP contribution in [0.5, 0.6) is 0 Å². The fourth-order valence-corrected chi connectivity index (χ4v) is 2.62. The normalized spacial score (nSPS) is 23.7. The molecule has 1 saturated heterocycles. The lowest BCUT2D eigenvalue weighted by Crippen LogP contribution is -2.55. The number of hydrogen-bond donors (Lipinski definition) is 1. The van der Waals surface area contributed by atoms with Crippen LogP contribution in [-0.2, 0) is 13.5 Å². The summed E-state index contributed by atoms with van der Waals surface area (Å²) >= 11 is 0. The fraction of sp³-hybridized carbons (Fsp3) is 0.750. The first-order chi connectivity index (χ1) is 8.95. The Morgan fingerprint density at radius 3 is 2.79 bits per heavy atom. The lowest BCUT2D eigenvalue weighted by molar-refractivity contribution is -0.384. The number of piperazine rings is 1. The summed E-state index contributed by atoms with van der Waals surface area (Å²) in [4.78, 5) is 13.1. The largest absolute Gasteiger partial charge is 0.346 e. The highest BCUT2D eigenvalue weighted by molar-refractivity contribution is 5.62. The number of aryl methyl sites for hydroxylation is 2. The van der Waals surface area contributed by atoms with Gasteiger partial charge in [-0.3, -0.25) is 10.1 Å². The molecule has 0 aromatic carbocycles.